The molecule has 2 aromatic rings. The van der Waals surface area contributed by atoms with Gasteiger partial charge in [0.25, 0.3) is 5.56 Å². The zero-order chi connectivity index (χ0) is 13.1. The number of aromatic nitrogens is 4. The zero-order valence-electron chi connectivity index (χ0n) is 10.4. The summed E-state index contributed by atoms with van der Waals surface area (Å²) in [4.78, 5) is 20.6. The second-order valence-corrected chi connectivity index (χ2v) is 3.80. The molecule has 0 saturated carbocycles. The predicted octanol–water partition coefficient (Wildman–Crippen LogP) is 0.645. The Morgan fingerprint density at radius 3 is 2.94 bits per heavy atom. The van der Waals surface area contributed by atoms with E-state index in [1.807, 2.05) is 6.92 Å². The number of methoxy groups -OCH3 is 1. The number of hydrogen-bond donors (Lipinski definition) is 0. The van der Waals surface area contributed by atoms with Crippen molar-refractivity contribution in [1.82, 2.24) is 19.1 Å². The molecule has 0 bridgehead atoms. The first kappa shape index (κ1) is 12.2. The molecule has 0 aromatic carbocycles. The van der Waals surface area contributed by atoms with E-state index in [1.165, 1.54) is 11.7 Å². The van der Waals surface area contributed by atoms with Crippen LogP contribution in [0.2, 0.25) is 0 Å². The highest BCUT2D eigenvalue weighted by Crippen LogP contribution is 2.11. The van der Waals surface area contributed by atoms with Gasteiger partial charge in [-0.2, -0.15) is 4.98 Å². The fourth-order valence-electron chi connectivity index (χ4n) is 1.83. The molecule has 0 N–H and O–H groups in total. The first-order valence-corrected chi connectivity index (χ1v) is 5.66. The molecule has 0 amide bonds. The Balaban J connectivity index is 2.75. The van der Waals surface area contributed by atoms with Gasteiger partial charge >= 0.3 is 6.01 Å². The van der Waals surface area contributed by atoms with E-state index < -0.39 is 0 Å². The summed E-state index contributed by atoms with van der Waals surface area (Å²) in [7, 11) is 1.45. The number of nitrogens with zero attached hydrogens (tertiary/aromatic N) is 4. The van der Waals surface area contributed by atoms with Gasteiger partial charge in [-0.05, 0) is 6.42 Å². The number of hydrogen-bond acceptors (Lipinski definition) is 4. The highest BCUT2D eigenvalue weighted by molar-refractivity contribution is 5.70. The number of imidazole rings is 1. The Morgan fingerprint density at radius 2 is 2.33 bits per heavy atom. The van der Waals surface area contributed by atoms with Crippen LogP contribution >= 0.6 is 0 Å². The molecule has 18 heavy (non-hydrogen) atoms. The average Bonchev–Trinajstić information content (AvgIpc) is 2.76. The Morgan fingerprint density at radius 1 is 1.56 bits per heavy atom. The molecular weight excluding hydrogens is 232 g/mol. The first-order valence-electron chi connectivity index (χ1n) is 5.66. The van der Waals surface area contributed by atoms with Gasteiger partial charge in [0.2, 0.25) is 0 Å². The van der Waals surface area contributed by atoms with E-state index in [9.17, 15) is 4.79 Å². The van der Waals surface area contributed by atoms with Crippen LogP contribution < -0.4 is 10.3 Å². The predicted molar refractivity (Wildman–Crippen MR) is 67.5 cm³/mol. The topological polar surface area (TPSA) is 61.9 Å². The Labute approximate surface area is 104 Å². The van der Waals surface area contributed by atoms with Gasteiger partial charge in [-0.25, -0.2) is 9.55 Å². The summed E-state index contributed by atoms with van der Waals surface area (Å²) in [5.74, 6) is 2.42. The normalized spacial score (nSPS) is 10.5. The maximum atomic E-state index is 12.3. The summed E-state index contributed by atoms with van der Waals surface area (Å²) >= 11 is 0. The van der Waals surface area contributed by atoms with E-state index >= 15 is 0 Å². The largest absolute Gasteiger partial charge is 0.468 e. The van der Waals surface area contributed by atoms with Crippen molar-refractivity contribution in [2.75, 3.05) is 7.11 Å². The van der Waals surface area contributed by atoms with Crippen molar-refractivity contribution in [2.24, 2.45) is 0 Å². The summed E-state index contributed by atoms with van der Waals surface area (Å²) in [6, 6.07) is 0.187. The second kappa shape index (κ2) is 4.92. The quantitative estimate of drug-likeness (QED) is 0.743. The van der Waals surface area contributed by atoms with Crippen LogP contribution in [-0.4, -0.2) is 26.2 Å². The van der Waals surface area contributed by atoms with Gasteiger partial charge in [0.05, 0.1) is 20.0 Å². The van der Waals surface area contributed by atoms with E-state index in [0.717, 1.165) is 13.0 Å². The smallest absolute Gasteiger partial charge is 0.301 e. The fourth-order valence-corrected chi connectivity index (χ4v) is 1.83. The van der Waals surface area contributed by atoms with Crippen LogP contribution in [0.25, 0.3) is 11.2 Å². The fraction of sp³-hybridized carbons (Fsp3) is 0.417. The lowest BCUT2D eigenvalue weighted by Gasteiger charge is -2.08. The van der Waals surface area contributed by atoms with Crippen molar-refractivity contribution < 1.29 is 4.74 Å². The van der Waals surface area contributed by atoms with Crippen LogP contribution in [0.1, 0.15) is 13.3 Å². The molecule has 94 valence electrons. The van der Waals surface area contributed by atoms with Crippen LogP contribution in [0.4, 0.5) is 0 Å². The molecule has 0 fully saturated rings. The van der Waals surface area contributed by atoms with Crippen molar-refractivity contribution in [1.29, 1.82) is 0 Å². The summed E-state index contributed by atoms with van der Waals surface area (Å²) in [5, 5.41) is 0. The van der Waals surface area contributed by atoms with Gasteiger partial charge in [-0.15, -0.1) is 6.42 Å². The molecule has 2 rings (SSSR count). The maximum Gasteiger partial charge on any atom is 0.301 e. The lowest BCUT2D eigenvalue weighted by molar-refractivity contribution is 0.355. The van der Waals surface area contributed by atoms with Gasteiger partial charge in [-0.3, -0.25) is 4.79 Å². The lowest BCUT2D eigenvalue weighted by atomic mass is 10.4. The Kier molecular flexibility index (Phi) is 3.33. The Hall–Kier alpha value is -2.29. The van der Waals surface area contributed by atoms with Crippen LogP contribution in [0.15, 0.2) is 11.1 Å². The molecule has 0 saturated heterocycles. The number of aryl methyl sites for hydroxylation is 1. The minimum absolute atomic E-state index is 0.127. The van der Waals surface area contributed by atoms with Gasteiger partial charge in [0.1, 0.15) is 0 Å². The summed E-state index contributed by atoms with van der Waals surface area (Å²) in [6.45, 7) is 2.88. The third-order valence-electron chi connectivity index (χ3n) is 2.60. The molecule has 2 heterocycles. The molecule has 0 aliphatic heterocycles. The molecule has 0 atom stereocenters. The highest BCUT2D eigenvalue weighted by atomic mass is 16.5. The summed E-state index contributed by atoms with van der Waals surface area (Å²) in [5.41, 5.74) is 0.632. The van der Waals surface area contributed by atoms with Crippen LogP contribution in [0, 0.1) is 12.3 Å². The standard InChI is InChI=1S/C12H14N4O2/c1-4-6-15-8-13-10-9(15)11(17)16(7-5-2)12(14-10)18-3/h2,8H,4,6-7H2,1,3H3. The van der Waals surface area contributed by atoms with Crippen LogP contribution in [0.3, 0.4) is 0 Å². The molecule has 0 spiro atoms. The van der Waals surface area contributed by atoms with Gasteiger partial charge in [-0.1, -0.05) is 12.8 Å². The maximum absolute atomic E-state index is 12.3. The molecule has 0 aliphatic carbocycles. The van der Waals surface area contributed by atoms with Crippen LogP contribution in [-0.2, 0) is 13.1 Å². The first-order chi connectivity index (χ1) is 8.72. The monoisotopic (exact) mass is 246 g/mol. The molecule has 6 nitrogen and oxygen atoms in total. The van der Waals surface area contributed by atoms with Crippen molar-refractivity contribution in [3.63, 3.8) is 0 Å². The van der Waals surface area contributed by atoms with Crippen molar-refractivity contribution >= 4 is 11.2 Å². The lowest BCUT2D eigenvalue weighted by Crippen LogP contribution is -2.24. The second-order valence-electron chi connectivity index (χ2n) is 3.80. The van der Waals surface area contributed by atoms with E-state index in [2.05, 4.69) is 15.9 Å². The van der Waals surface area contributed by atoms with E-state index in [-0.39, 0.29) is 18.1 Å². The van der Waals surface area contributed by atoms with E-state index in [4.69, 9.17) is 11.2 Å². The van der Waals surface area contributed by atoms with Crippen molar-refractivity contribution in [3.05, 3.63) is 16.7 Å². The Bertz CT molecular complexity index is 663. The number of ether oxygens (including phenoxy) is 1. The number of terminal acetylenes is 1. The molecule has 0 radical (unpaired) electrons. The van der Waals surface area contributed by atoms with Gasteiger partial charge in [0.15, 0.2) is 11.2 Å². The van der Waals surface area contributed by atoms with Crippen molar-refractivity contribution in [2.45, 2.75) is 26.4 Å². The van der Waals surface area contributed by atoms with Gasteiger partial charge < -0.3 is 9.30 Å². The summed E-state index contributed by atoms with van der Waals surface area (Å²) < 4.78 is 8.18. The zero-order valence-corrected chi connectivity index (χ0v) is 10.4. The molecule has 6 heteroatoms. The third-order valence-corrected chi connectivity index (χ3v) is 2.60. The van der Waals surface area contributed by atoms with E-state index in [0.29, 0.717) is 11.2 Å². The number of rotatable bonds is 4. The molecular formula is C12H14N4O2. The molecule has 0 aliphatic rings. The number of fused-ring (bicyclic) bond motifs is 1. The average molecular weight is 246 g/mol. The van der Waals surface area contributed by atoms with Crippen molar-refractivity contribution in [3.8, 4) is 18.4 Å². The van der Waals surface area contributed by atoms with E-state index in [1.54, 1.807) is 10.9 Å². The SMILES string of the molecule is C#CCn1c(OC)nc2ncn(CCC)c2c1=O. The summed E-state index contributed by atoms with van der Waals surface area (Å²) in [6.07, 6.45) is 7.78. The van der Waals surface area contributed by atoms with Gasteiger partial charge in [0, 0.05) is 6.54 Å². The third kappa shape index (κ3) is 1.84. The minimum Gasteiger partial charge on any atom is -0.468 e. The van der Waals surface area contributed by atoms with Crippen LogP contribution in [0.5, 0.6) is 6.01 Å². The highest BCUT2D eigenvalue weighted by Gasteiger charge is 2.15. The minimum atomic E-state index is -0.222. The molecule has 2 aromatic heterocycles. The molecule has 0 unspecified atom stereocenters.